The van der Waals surface area contributed by atoms with Gasteiger partial charge in [-0.05, 0) is 19.9 Å². The maximum Gasteiger partial charge on any atom is 0.165 e. The maximum absolute atomic E-state index is 14.1. The van der Waals surface area contributed by atoms with Crippen molar-refractivity contribution in [2.75, 3.05) is 5.73 Å². The highest BCUT2D eigenvalue weighted by molar-refractivity contribution is 5.98. The highest BCUT2D eigenvalue weighted by atomic mass is 19.1. The van der Waals surface area contributed by atoms with Crippen molar-refractivity contribution in [2.24, 2.45) is 0 Å². The molecule has 0 amide bonds. The van der Waals surface area contributed by atoms with Gasteiger partial charge in [-0.3, -0.25) is 0 Å². The van der Waals surface area contributed by atoms with E-state index in [1.807, 2.05) is 13.8 Å². The van der Waals surface area contributed by atoms with Crippen LogP contribution in [0.25, 0.3) is 22.3 Å². The van der Waals surface area contributed by atoms with Gasteiger partial charge in [0.1, 0.15) is 23.7 Å². The molecule has 3 rings (SSSR count). The normalized spacial score (nSPS) is 11.5. The number of hydrogen-bond acceptors (Lipinski definition) is 5. The minimum atomic E-state index is -0.945. The summed E-state index contributed by atoms with van der Waals surface area (Å²) in [6.07, 6.45) is 1.29. The molecule has 0 bridgehead atoms. The predicted molar refractivity (Wildman–Crippen MR) is 77.1 cm³/mol. The summed E-state index contributed by atoms with van der Waals surface area (Å²) in [5.41, 5.74) is 6.32. The molecule has 0 fully saturated rings. The lowest BCUT2D eigenvalue weighted by atomic mass is 10.1. The topological polar surface area (TPSA) is 89.8 Å². The zero-order chi connectivity index (χ0) is 16.0. The minimum absolute atomic E-state index is 0.0597. The van der Waals surface area contributed by atoms with Crippen LogP contribution in [0.3, 0.4) is 0 Å². The predicted octanol–water partition coefficient (Wildman–Crippen LogP) is 2.64. The van der Waals surface area contributed by atoms with E-state index in [-0.39, 0.29) is 23.1 Å². The molecule has 0 aliphatic carbocycles. The van der Waals surface area contributed by atoms with Crippen LogP contribution in [0.2, 0.25) is 0 Å². The fourth-order valence-corrected chi connectivity index (χ4v) is 2.26. The van der Waals surface area contributed by atoms with E-state index < -0.39 is 17.4 Å². The Hall–Kier alpha value is -2.77. The van der Waals surface area contributed by atoms with E-state index in [1.54, 1.807) is 4.68 Å². The zero-order valence-electron chi connectivity index (χ0n) is 11.9. The number of phenolic OH excluding ortho intramolecular Hbond substituents is 1. The maximum atomic E-state index is 14.1. The number of halogens is 2. The van der Waals surface area contributed by atoms with Crippen LogP contribution in [0.15, 0.2) is 18.5 Å². The fraction of sp³-hybridized carbons (Fsp3) is 0.214. The van der Waals surface area contributed by atoms with Gasteiger partial charge >= 0.3 is 0 Å². The molecular formula is C14H13F2N5O. The largest absolute Gasteiger partial charge is 0.505 e. The van der Waals surface area contributed by atoms with Crippen LogP contribution in [-0.2, 0) is 0 Å². The van der Waals surface area contributed by atoms with E-state index in [4.69, 9.17) is 5.73 Å². The Morgan fingerprint density at radius 1 is 1.18 bits per heavy atom. The number of aromatic hydroxyl groups is 1. The average Bonchev–Trinajstić information content (AvgIpc) is 2.84. The van der Waals surface area contributed by atoms with Gasteiger partial charge in [0.25, 0.3) is 0 Å². The molecule has 0 unspecified atom stereocenters. The molecule has 3 aromatic rings. The molecule has 3 N–H and O–H groups in total. The Morgan fingerprint density at radius 3 is 2.59 bits per heavy atom. The van der Waals surface area contributed by atoms with Gasteiger partial charge in [-0.15, -0.1) is 0 Å². The first kappa shape index (κ1) is 14.2. The number of nitrogens with two attached hydrogens (primary N) is 1. The second-order valence-corrected chi connectivity index (χ2v) is 5.13. The van der Waals surface area contributed by atoms with E-state index >= 15 is 0 Å². The number of phenols is 1. The molecule has 2 aromatic heterocycles. The van der Waals surface area contributed by atoms with E-state index in [0.29, 0.717) is 17.1 Å². The summed E-state index contributed by atoms with van der Waals surface area (Å²) >= 11 is 0. The number of nitrogen functional groups attached to an aromatic ring is 1. The van der Waals surface area contributed by atoms with Crippen molar-refractivity contribution in [1.29, 1.82) is 0 Å². The van der Waals surface area contributed by atoms with Crippen molar-refractivity contribution in [3.8, 4) is 17.0 Å². The molecule has 22 heavy (non-hydrogen) atoms. The quantitative estimate of drug-likeness (QED) is 0.759. The van der Waals surface area contributed by atoms with Crippen LogP contribution in [0.4, 0.5) is 14.6 Å². The van der Waals surface area contributed by atoms with E-state index in [9.17, 15) is 13.9 Å². The lowest BCUT2D eigenvalue weighted by molar-refractivity contribution is 0.427. The summed E-state index contributed by atoms with van der Waals surface area (Å²) in [5, 5.41) is 13.9. The van der Waals surface area contributed by atoms with Crippen LogP contribution in [-0.4, -0.2) is 24.9 Å². The Bertz CT molecular complexity index is 875. The molecular weight excluding hydrogens is 292 g/mol. The van der Waals surface area contributed by atoms with Gasteiger partial charge in [-0.1, -0.05) is 0 Å². The number of benzene rings is 1. The van der Waals surface area contributed by atoms with Crippen LogP contribution in [0, 0.1) is 11.6 Å². The molecule has 114 valence electrons. The molecule has 6 nitrogen and oxygen atoms in total. The minimum Gasteiger partial charge on any atom is -0.505 e. The van der Waals surface area contributed by atoms with Crippen molar-refractivity contribution in [2.45, 2.75) is 19.9 Å². The molecule has 8 heteroatoms. The Morgan fingerprint density at radius 2 is 1.91 bits per heavy atom. The van der Waals surface area contributed by atoms with Crippen LogP contribution in [0.1, 0.15) is 19.9 Å². The van der Waals surface area contributed by atoms with Gasteiger partial charge < -0.3 is 10.8 Å². The first-order chi connectivity index (χ1) is 10.4. The molecule has 0 spiro atoms. The number of aromatic nitrogens is 4. The molecule has 0 aliphatic rings. The number of fused-ring (bicyclic) bond motifs is 1. The monoisotopic (exact) mass is 305 g/mol. The smallest absolute Gasteiger partial charge is 0.165 e. The Labute approximate surface area is 124 Å². The summed E-state index contributed by atoms with van der Waals surface area (Å²) in [5.74, 6) is -2.39. The second kappa shape index (κ2) is 4.90. The summed E-state index contributed by atoms with van der Waals surface area (Å²) in [6.45, 7) is 3.75. The molecule has 0 atom stereocenters. The first-order valence-electron chi connectivity index (χ1n) is 6.57. The molecule has 1 aromatic carbocycles. The number of hydrogen-bond donors (Lipinski definition) is 2. The van der Waals surface area contributed by atoms with E-state index in [1.165, 1.54) is 6.33 Å². The molecule has 0 saturated heterocycles. The lowest BCUT2D eigenvalue weighted by Gasteiger charge is -2.05. The molecule has 0 aliphatic heterocycles. The van der Waals surface area contributed by atoms with Gasteiger partial charge in [0, 0.05) is 17.7 Å². The van der Waals surface area contributed by atoms with Crippen LogP contribution < -0.4 is 5.73 Å². The highest BCUT2D eigenvalue weighted by Gasteiger charge is 2.22. The number of nitrogens with zero attached hydrogens (tertiary/aromatic N) is 4. The van der Waals surface area contributed by atoms with Crippen molar-refractivity contribution in [1.82, 2.24) is 19.7 Å². The van der Waals surface area contributed by atoms with Crippen molar-refractivity contribution in [3.05, 3.63) is 30.1 Å². The fourth-order valence-electron chi connectivity index (χ4n) is 2.26. The summed E-state index contributed by atoms with van der Waals surface area (Å²) in [6, 6.07) is 1.52. The standard InChI is InChI=1S/C14H13F2N5O/c1-6(2)21-14-11(13(17)18-5-19-14)12(20-21)7-3-9(16)10(22)4-8(7)15/h3-6,22H,1-2H3,(H2,17,18,19). The van der Waals surface area contributed by atoms with Gasteiger partial charge in [-0.2, -0.15) is 5.10 Å². The van der Waals surface area contributed by atoms with Gasteiger partial charge in [-0.25, -0.2) is 23.4 Å². The highest BCUT2D eigenvalue weighted by Crippen LogP contribution is 2.34. The number of rotatable bonds is 2. The third-order valence-electron chi connectivity index (χ3n) is 3.30. The van der Waals surface area contributed by atoms with Gasteiger partial charge in [0.05, 0.1) is 5.39 Å². The number of anilines is 1. The van der Waals surface area contributed by atoms with Crippen LogP contribution >= 0.6 is 0 Å². The summed E-state index contributed by atoms with van der Waals surface area (Å²) < 4.78 is 29.3. The molecule has 2 heterocycles. The zero-order valence-corrected chi connectivity index (χ0v) is 11.9. The first-order valence-corrected chi connectivity index (χ1v) is 6.57. The second-order valence-electron chi connectivity index (χ2n) is 5.13. The third-order valence-corrected chi connectivity index (χ3v) is 3.30. The Balaban J connectivity index is 2.39. The van der Waals surface area contributed by atoms with Gasteiger partial charge in [0.2, 0.25) is 0 Å². The van der Waals surface area contributed by atoms with Crippen molar-refractivity contribution >= 4 is 16.9 Å². The third kappa shape index (κ3) is 2.03. The van der Waals surface area contributed by atoms with E-state index in [2.05, 4.69) is 15.1 Å². The van der Waals surface area contributed by atoms with Crippen molar-refractivity contribution < 1.29 is 13.9 Å². The van der Waals surface area contributed by atoms with Crippen LogP contribution in [0.5, 0.6) is 5.75 Å². The summed E-state index contributed by atoms with van der Waals surface area (Å²) in [4.78, 5) is 8.01. The SMILES string of the molecule is CC(C)n1nc(-c2cc(F)c(O)cc2F)c2c(N)ncnc21. The average molecular weight is 305 g/mol. The van der Waals surface area contributed by atoms with E-state index in [0.717, 1.165) is 6.07 Å². The van der Waals surface area contributed by atoms with Crippen molar-refractivity contribution in [3.63, 3.8) is 0 Å². The Kier molecular flexibility index (Phi) is 3.16. The van der Waals surface area contributed by atoms with Gasteiger partial charge in [0.15, 0.2) is 17.2 Å². The lowest BCUT2D eigenvalue weighted by Crippen LogP contribution is -2.04. The molecule has 0 radical (unpaired) electrons. The molecule has 0 saturated carbocycles. The summed E-state index contributed by atoms with van der Waals surface area (Å²) in [7, 11) is 0.